The molecule has 0 spiro atoms. The summed E-state index contributed by atoms with van der Waals surface area (Å²) in [5.74, 6) is 21.4. The molecule has 0 amide bonds. The first-order valence-corrected chi connectivity index (χ1v) is 20.8. The lowest BCUT2D eigenvalue weighted by Gasteiger charge is -2.28. The van der Waals surface area contributed by atoms with Crippen molar-refractivity contribution >= 4 is 15.2 Å². The Morgan fingerprint density at radius 1 is 0.357 bits per heavy atom. The van der Waals surface area contributed by atoms with Crippen LogP contribution < -0.4 is 9.47 Å². The van der Waals surface area contributed by atoms with Gasteiger partial charge in [-0.1, -0.05) is 61.7 Å². The van der Waals surface area contributed by atoms with Crippen molar-refractivity contribution in [2.45, 2.75) is 26.2 Å². The van der Waals surface area contributed by atoms with E-state index in [1.165, 1.54) is 0 Å². The maximum atomic E-state index is 5.20. The lowest BCUT2D eigenvalue weighted by Crippen LogP contribution is -2.53. The first kappa shape index (κ1) is 30.1. The normalized spacial score (nSPS) is 10.3. The lowest BCUT2D eigenvalue weighted by atomic mass is 10.1. The van der Waals surface area contributed by atoms with E-state index in [0.29, 0.717) is 0 Å². The minimum absolute atomic E-state index is 0.827. The summed E-state index contributed by atoms with van der Waals surface area (Å²) in [5.41, 5.74) is 13.2. The molecule has 0 aliphatic carbocycles. The molecule has 206 valence electrons. The van der Waals surface area contributed by atoms with E-state index in [1.807, 2.05) is 72.8 Å². The minimum Gasteiger partial charge on any atom is -0.497 e. The topological polar surface area (TPSA) is 18.5 Å². The number of benzene rings is 4. The molecule has 0 fully saturated rings. The Morgan fingerprint density at radius 2 is 0.571 bits per heavy atom. The Hall–Kier alpha value is -4.85. The highest BCUT2D eigenvalue weighted by Crippen LogP contribution is 2.18. The van der Waals surface area contributed by atoms with Crippen molar-refractivity contribution in [1.82, 2.24) is 0 Å². The smallest absolute Gasteiger partial charge is 0.138 e. The summed E-state index contributed by atoms with van der Waals surface area (Å²) in [6.07, 6.45) is 0. The van der Waals surface area contributed by atoms with Crippen LogP contribution >= 0.6 is 0 Å². The van der Waals surface area contributed by atoms with Crippen molar-refractivity contribution in [3.8, 4) is 58.1 Å². The molecule has 0 aromatic heterocycles. The summed E-state index contributed by atoms with van der Waals surface area (Å²) in [4.78, 5) is 0. The third kappa shape index (κ3) is 8.33. The lowest BCUT2D eigenvalue weighted by molar-refractivity contribution is 0.414. The molecule has 0 saturated heterocycles. The Balaban J connectivity index is 1.40. The van der Waals surface area contributed by atoms with Gasteiger partial charge >= 0.3 is 0 Å². The van der Waals surface area contributed by atoms with Crippen molar-refractivity contribution in [3.05, 3.63) is 130 Å². The monoisotopic (exact) mass is 578 g/mol. The molecule has 0 aliphatic rings. The van der Waals surface area contributed by atoms with Gasteiger partial charge in [0.1, 0.15) is 26.7 Å². The minimum atomic E-state index is -1.88. The van der Waals surface area contributed by atoms with Gasteiger partial charge in [-0.05, 0) is 97.1 Å². The van der Waals surface area contributed by atoms with Gasteiger partial charge < -0.3 is 9.47 Å². The molecule has 0 atom stereocenters. The summed E-state index contributed by atoms with van der Waals surface area (Å²) in [6.45, 7) is 9.36. The maximum absolute atomic E-state index is 5.20. The largest absolute Gasteiger partial charge is 0.497 e. The van der Waals surface area contributed by atoms with Crippen molar-refractivity contribution in [2.75, 3.05) is 14.2 Å². The average Bonchev–Trinajstić information content (AvgIpc) is 3.02. The van der Waals surface area contributed by atoms with Gasteiger partial charge in [0.2, 0.25) is 0 Å². The highest BCUT2D eigenvalue weighted by Gasteiger charge is 2.39. The van der Waals surface area contributed by atoms with Crippen LogP contribution in [-0.4, -0.2) is 29.4 Å². The Kier molecular flexibility index (Phi) is 9.81. The molecule has 0 aliphatic heterocycles. The van der Waals surface area contributed by atoms with Crippen LogP contribution in [0.5, 0.6) is 11.5 Å². The van der Waals surface area contributed by atoms with Crippen LogP contribution in [0.15, 0.2) is 97.1 Å². The molecular formula is C38H34O2Si2. The quantitative estimate of drug-likeness (QED) is 0.185. The van der Waals surface area contributed by atoms with E-state index >= 15 is 0 Å². The zero-order valence-electron chi connectivity index (χ0n) is 25.1. The first-order chi connectivity index (χ1) is 20.2. The molecule has 4 heteroatoms. The van der Waals surface area contributed by atoms with Gasteiger partial charge in [0.25, 0.3) is 0 Å². The van der Waals surface area contributed by atoms with E-state index in [9.17, 15) is 0 Å². The maximum Gasteiger partial charge on any atom is 0.138 e. The first-order valence-electron chi connectivity index (χ1n) is 13.8. The van der Waals surface area contributed by atoms with E-state index in [1.54, 1.807) is 14.2 Å². The van der Waals surface area contributed by atoms with Crippen LogP contribution in [0.4, 0.5) is 0 Å². The summed E-state index contributed by atoms with van der Waals surface area (Å²) in [5, 5.41) is 0. The summed E-state index contributed by atoms with van der Waals surface area (Å²) >= 11 is 0. The second kappa shape index (κ2) is 13.7. The van der Waals surface area contributed by atoms with Crippen LogP contribution in [0.3, 0.4) is 0 Å². The fourth-order valence-electron chi connectivity index (χ4n) is 3.68. The van der Waals surface area contributed by atoms with E-state index < -0.39 is 15.2 Å². The molecule has 0 saturated carbocycles. The van der Waals surface area contributed by atoms with Gasteiger partial charge in [-0.15, -0.1) is 11.1 Å². The Labute approximate surface area is 252 Å². The molecule has 4 aromatic rings. The standard InChI is InChI=1S/C38H34O2Si2/c1-39-37-23-19-33(20-24-37)9-7-31-11-15-35(16-12-31)27-29-41(3,4)42(5,6)30-28-36-17-13-32(14-18-36)8-10-34-21-25-38(40-2)26-22-34/h11-26H,1-6H3. The van der Waals surface area contributed by atoms with Crippen LogP contribution in [0.25, 0.3) is 0 Å². The van der Waals surface area contributed by atoms with Gasteiger partial charge in [0.15, 0.2) is 0 Å². The van der Waals surface area contributed by atoms with Crippen LogP contribution in [0.2, 0.25) is 26.2 Å². The molecule has 4 aromatic carbocycles. The number of rotatable bonds is 3. The zero-order valence-corrected chi connectivity index (χ0v) is 27.1. The zero-order chi connectivity index (χ0) is 30.0. The fraction of sp³-hybridized carbons (Fsp3) is 0.158. The van der Waals surface area contributed by atoms with Gasteiger partial charge in [0.05, 0.1) is 14.2 Å². The van der Waals surface area contributed by atoms with Crippen molar-refractivity contribution in [2.24, 2.45) is 0 Å². The highest BCUT2D eigenvalue weighted by atomic mass is 29.3. The number of ether oxygens (including phenoxy) is 2. The van der Waals surface area contributed by atoms with E-state index in [4.69, 9.17) is 9.47 Å². The molecule has 2 nitrogen and oxygen atoms in total. The van der Waals surface area contributed by atoms with Gasteiger partial charge in [-0.25, -0.2) is 0 Å². The molecule has 4 rings (SSSR count). The van der Waals surface area contributed by atoms with Gasteiger partial charge in [0, 0.05) is 33.4 Å². The van der Waals surface area contributed by atoms with Crippen molar-refractivity contribution in [3.63, 3.8) is 0 Å². The summed E-state index contributed by atoms with van der Waals surface area (Å²) < 4.78 is 10.4. The van der Waals surface area contributed by atoms with E-state index in [2.05, 4.69) is 97.1 Å². The van der Waals surface area contributed by atoms with E-state index in [-0.39, 0.29) is 0 Å². The molecule has 0 N–H and O–H groups in total. The third-order valence-corrected chi connectivity index (χ3v) is 22.0. The SMILES string of the molecule is COc1ccc(C#Cc2ccc(C#C[Si](C)(C)[Si](C)(C)C#Cc3ccc(C#Cc4ccc(OC)cc4)cc3)cc2)cc1. The number of hydrogen-bond donors (Lipinski definition) is 0. The van der Waals surface area contributed by atoms with Crippen LogP contribution in [0.1, 0.15) is 33.4 Å². The van der Waals surface area contributed by atoms with Crippen LogP contribution in [0, 0.1) is 46.6 Å². The summed E-state index contributed by atoms with van der Waals surface area (Å²) in [7, 11) is -0.442. The molecular weight excluding hydrogens is 545 g/mol. The second-order valence-corrected chi connectivity index (χ2v) is 25.4. The number of hydrogen-bond acceptors (Lipinski definition) is 2. The van der Waals surface area contributed by atoms with Crippen molar-refractivity contribution < 1.29 is 9.47 Å². The van der Waals surface area contributed by atoms with Crippen LogP contribution in [-0.2, 0) is 0 Å². The second-order valence-electron chi connectivity index (χ2n) is 10.9. The number of methoxy groups -OCH3 is 2. The average molecular weight is 579 g/mol. The van der Waals surface area contributed by atoms with E-state index in [0.717, 1.165) is 44.9 Å². The molecule has 42 heavy (non-hydrogen) atoms. The Morgan fingerprint density at radius 3 is 0.810 bits per heavy atom. The Bertz CT molecular complexity index is 1630. The molecule has 0 unspecified atom stereocenters. The fourth-order valence-corrected chi connectivity index (χ4v) is 7.47. The molecule has 0 bridgehead atoms. The highest BCUT2D eigenvalue weighted by molar-refractivity contribution is 7.46. The molecule has 0 radical (unpaired) electrons. The predicted molar refractivity (Wildman–Crippen MR) is 180 cm³/mol. The van der Waals surface area contributed by atoms with Gasteiger partial charge in [-0.2, -0.15) is 0 Å². The molecule has 0 heterocycles. The van der Waals surface area contributed by atoms with Gasteiger partial charge in [-0.3, -0.25) is 0 Å². The predicted octanol–water partition coefficient (Wildman–Crippen LogP) is 7.48. The van der Waals surface area contributed by atoms with Crippen molar-refractivity contribution in [1.29, 1.82) is 0 Å². The summed E-state index contributed by atoms with van der Waals surface area (Å²) in [6, 6.07) is 31.8. The third-order valence-electron chi connectivity index (χ3n) is 7.25.